The predicted octanol–water partition coefficient (Wildman–Crippen LogP) is 3.03. The Hall–Kier alpha value is -0.0805. The molecule has 0 spiro atoms. The molecule has 2 aromatic carbocycles. The summed E-state index contributed by atoms with van der Waals surface area (Å²) in [6.45, 7) is 0. The van der Waals surface area contributed by atoms with Crippen LogP contribution < -0.4 is 8.92 Å². The maximum atomic E-state index is 3.87. The molecular formula is C12H10Br2Se. The van der Waals surface area contributed by atoms with Crippen LogP contribution >= 0.6 is 28.2 Å². The molecule has 0 aliphatic carbocycles. The Morgan fingerprint density at radius 3 is 1.27 bits per heavy atom. The normalized spacial score (nSPS) is 12.4. The second kappa shape index (κ2) is 4.84. The predicted molar refractivity (Wildman–Crippen MR) is 75.8 cm³/mol. The molecule has 0 N–H and O–H groups in total. The fourth-order valence-electron chi connectivity index (χ4n) is 1.32. The Balaban J connectivity index is 2.44. The van der Waals surface area contributed by atoms with Gasteiger partial charge in [0.2, 0.25) is 0 Å². The fraction of sp³-hybridized carbons (Fsp3) is 0. The first-order chi connectivity index (χ1) is 7.21. The van der Waals surface area contributed by atoms with Gasteiger partial charge in [0, 0.05) is 0 Å². The number of halogens is 2. The van der Waals surface area contributed by atoms with Gasteiger partial charge in [-0.15, -0.1) is 0 Å². The molecule has 0 nitrogen and oxygen atoms in total. The number of benzene rings is 2. The third-order valence-electron chi connectivity index (χ3n) is 2.08. The van der Waals surface area contributed by atoms with Crippen molar-refractivity contribution < 1.29 is 0 Å². The molecule has 0 amide bonds. The molecule has 0 unspecified atom stereocenters. The summed E-state index contributed by atoms with van der Waals surface area (Å²) in [7, 11) is -2.02. The molecule has 0 aliphatic rings. The topological polar surface area (TPSA) is 0 Å². The van der Waals surface area contributed by atoms with Crippen molar-refractivity contribution in [3.8, 4) is 0 Å². The first kappa shape index (κ1) is 11.4. The summed E-state index contributed by atoms with van der Waals surface area (Å²) in [5.74, 6) is 0. The van der Waals surface area contributed by atoms with E-state index in [0.717, 1.165) is 0 Å². The van der Waals surface area contributed by atoms with Crippen LogP contribution in [0.4, 0.5) is 0 Å². The SMILES string of the molecule is Br[Se](Br)(c1ccccc1)c1ccccc1. The Morgan fingerprint density at radius 2 is 0.933 bits per heavy atom. The van der Waals surface area contributed by atoms with E-state index < -0.39 is 9.23 Å². The van der Waals surface area contributed by atoms with Crippen molar-refractivity contribution in [1.29, 1.82) is 0 Å². The summed E-state index contributed by atoms with van der Waals surface area (Å²) in [6, 6.07) is 21.0. The average molecular weight is 393 g/mol. The van der Waals surface area contributed by atoms with Gasteiger partial charge in [-0.2, -0.15) is 0 Å². The van der Waals surface area contributed by atoms with Crippen molar-refractivity contribution in [2.45, 2.75) is 0 Å². The van der Waals surface area contributed by atoms with Gasteiger partial charge >= 0.3 is 107 Å². The summed E-state index contributed by atoms with van der Waals surface area (Å²) in [5.41, 5.74) is 0. The van der Waals surface area contributed by atoms with Gasteiger partial charge in [0.1, 0.15) is 0 Å². The fourth-order valence-corrected chi connectivity index (χ4v) is 8.47. The van der Waals surface area contributed by atoms with Gasteiger partial charge in [-0.1, -0.05) is 0 Å². The van der Waals surface area contributed by atoms with E-state index in [-0.39, 0.29) is 0 Å². The standard InChI is InChI=1S/C12H10Br2Se/c13-15(14,11-7-3-1-4-8-11)12-9-5-2-6-10-12/h1-10H. The minimum atomic E-state index is -2.02. The van der Waals surface area contributed by atoms with Crippen LogP contribution in [0.25, 0.3) is 0 Å². The molecule has 0 fully saturated rings. The average Bonchev–Trinajstić information content (AvgIpc) is 2.31. The number of hydrogen-bond acceptors (Lipinski definition) is 0. The second-order valence-corrected chi connectivity index (χ2v) is 21.6. The van der Waals surface area contributed by atoms with Gasteiger partial charge < -0.3 is 0 Å². The molecule has 0 aliphatic heterocycles. The van der Waals surface area contributed by atoms with Crippen LogP contribution in [-0.4, -0.2) is 9.23 Å². The first-order valence-corrected chi connectivity index (χ1v) is 14.3. The van der Waals surface area contributed by atoms with Gasteiger partial charge in [0.05, 0.1) is 0 Å². The number of rotatable bonds is 2. The van der Waals surface area contributed by atoms with E-state index in [1.165, 1.54) is 8.92 Å². The molecule has 0 heterocycles. The summed E-state index contributed by atoms with van der Waals surface area (Å²) >= 11 is 7.74. The Kier molecular flexibility index (Phi) is 3.68. The van der Waals surface area contributed by atoms with Crippen molar-refractivity contribution in [3.05, 3.63) is 60.7 Å². The van der Waals surface area contributed by atoms with E-state index in [0.29, 0.717) is 0 Å². The number of hydrogen-bond donors (Lipinski definition) is 0. The van der Waals surface area contributed by atoms with Gasteiger partial charge in [-0.3, -0.25) is 0 Å². The Morgan fingerprint density at radius 1 is 0.600 bits per heavy atom. The zero-order chi connectivity index (χ0) is 10.7. The molecule has 0 saturated carbocycles. The van der Waals surface area contributed by atoms with Crippen LogP contribution in [0.2, 0.25) is 0 Å². The second-order valence-electron chi connectivity index (χ2n) is 3.10. The Bertz CT molecular complexity index is 384. The zero-order valence-electron chi connectivity index (χ0n) is 7.94. The van der Waals surface area contributed by atoms with Gasteiger partial charge in [-0.25, -0.2) is 0 Å². The van der Waals surface area contributed by atoms with Crippen molar-refractivity contribution in [3.63, 3.8) is 0 Å². The van der Waals surface area contributed by atoms with E-state index in [1.54, 1.807) is 0 Å². The molecule has 0 bridgehead atoms. The molecule has 0 aromatic heterocycles. The van der Waals surface area contributed by atoms with Gasteiger partial charge in [-0.05, 0) is 0 Å². The van der Waals surface area contributed by atoms with Crippen LogP contribution in [0.15, 0.2) is 60.7 Å². The molecule has 15 heavy (non-hydrogen) atoms. The van der Waals surface area contributed by atoms with Crippen molar-refractivity contribution in [1.82, 2.24) is 0 Å². The molecule has 0 atom stereocenters. The monoisotopic (exact) mass is 392 g/mol. The van der Waals surface area contributed by atoms with E-state index in [9.17, 15) is 0 Å². The molecular weight excluding hydrogens is 383 g/mol. The van der Waals surface area contributed by atoms with Crippen LogP contribution in [0.5, 0.6) is 0 Å². The zero-order valence-corrected chi connectivity index (χ0v) is 12.8. The van der Waals surface area contributed by atoms with Crippen molar-refractivity contribution in [2.75, 3.05) is 0 Å². The molecule has 78 valence electrons. The summed E-state index contributed by atoms with van der Waals surface area (Å²) in [4.78, 5) is 0. The summed E-state index contributed by atoms with van der Waals surface area (Å²) < 4.78 is 2.69. The molecule has 2 aromatic rings. The van der Waals surface area contributed by atoms with Gasteiger partial charge in [0.25, 0.3) is 0 Å². The summed E-state index contributed by atoms with van der Waals surface area (Å²) in [5, 5.41) is 0. The third-order valence-corrected chi connectivity index (χ3v) is 13.5. The summed E-state index contributed by atoms with van der Waals surface area (Å²) in [6.07, 6.45) is 0. The van der Waals surface area contributed by atoms with Crippen molar-refractivity contribution >= 4 is 46.4 Å². The molecule has 3 heteroatoms. The van der Waals surface area contributed by atoms with E-state index in [1.807, 2.05) is 12.1 Å². The van der Waals surface area contributed by atoms with Crippen LogP contribution in [0.1, 0.15) is 0 Å². The molecule has 0 radical (unpaired) electrons. The van der Waals surface area contributed by atoms with Crippen LogP contribution in [-0.2, 0) is 0 Å². The minimum absolute atomic E-state index is 1.35. The van der Waals surface area contributed by atoms with E-state index in [4.69, 9.17) is 0 Å². The van der Waals surface area contributed by atoms with E-state index >= 15 is 0 Å². The molecule has 0 saturated heterocycles. The third kappa shape index (κ3) is 2.54. The first-order valence-electron chi connectivity index (χ1n) is 4.54. The van der Waals surface area contributed by atoms with Crippen molar-refractivity contribution in [2.24, 2.45) is 0 Å². The quantitative estimate of drug-likeness (QED) is 0.689. The maximum absolute atomic E-state index is 3.87. The van der Waals surface area contributed by atoms with Crippen LogP contribution in [0.3, 0.4) is 0 Å². The Labute approximate surface area is 106 Å². The van der Waals surface area contributed by atoms with E-state index in [2.05, 4.69) is 76.8 Å². The molecule has 2 rings (SSSR count). The van der Waals surface area contributed by atoms with Gasteiger partial charge in [0.15, 0.2) is 0 Å². The van der Waals surface area contributed by atoms with Crippen LogP contribution in [0, 0.1) is 0 Å².